The van der Waals surface area contributed by atoms with E-state index in [1.165, 1.54) is 6.20 Å². The second-order valence-corrected chi connectivity index (χ2v) is 7.40. The fourth-order valence-electron chi connectivity index (χ4n) is 2.55. The van der Waals surface area contributed by atoms with Crippen LogP contribution in [0.15, 0.2) is 30.7 Å². The van der Waals surface area contributed by atoms with Crippen LogP contribution in [0.3, 0.4) is 0 Å². The second-order valence-electron chi connectivity index (χ2n) is 5.17. The molecule has 0 saturated carbocycles. The summed E-state index contributed by atoms with van der Waals surface area (Å²) in [6.45, 7) is 0. The van der Waals surface area contributed by atoms with Gasteiger partial charge in [-0.15, -0.1) is 0 Å². The summed E-state index contributed by atoms with van der Waals surface area (Å²) in [4.78, 5) is 12.4. The van der Waals surface area contributed by atoms with Crippen LogP contribution in [0.4, 0.5) is 0 Å². The van der Waals surface area contributed by atoms with Crippen LogP contribution in [-0.4, -0.2) is 46.2 Å². The van der Waals surface area contributed by atoms with Crippen LogP contribution in [0.2, 0.25) is 0 Å². The minimum absolute atomic E-state index is 0.0118. The van der Waals surface area contributed by atoms with Crippen LogP contribution in [0.25, 0.3) is 5.82 Å². The molecule has 112 valence electrons. The van der Waals surface area contributed by atoms with Crippen molar-refractivity contribution in [2.45, 2.75) is 12.5 Å². The Morgan fingerprint density at radius 2 is 2.10 bits per heavy atom. The summed E-state index contributed by atoms with van der Waals surface area (Å²) in [6.07, 6.45) is 5.61. The molecule has 21 heavy (non-hydrogen) atoms. The number of sulfone groups is 1. The van der Waals surface area contributed by atoms with Crippen LogP contribution in [0, 0.1) is 0 Å². The first-order valence-electron chi connectivity index (χ1n) is 6.63. The zero-order valence-corrected chi connectivity index (χ0v) is 12.4. The number of carbonyl (C=O) groups is 1. The molecule has 0 bridgehead atoms. The van der Waals surface area contributed by atoms with E-state index in [1.54, 1.807) is 16.3 Å². The lowest BCUT2D eigenvalue weighted by molar-refractivity contribution is 0.0941. The van der Waals surface area contributed by atoms with Gasteiger partial charge in [0.15, 0.2) is 9.84 Å². The van der Waals surface area contributed by atoms with Crippen molar-refractivity contribution < 1.29 is 13.2 Å². The first kappa shape index (κ1) is 13.9. The number of hydrogen-bond donors (Lipinski definition) is 1. The summed E-state index contributed by atoms with van der Waals surface area (Å²) in [5, 5.41) is 6.90. The first-order chi connectivity index (χ1) is 9.96. The summed E-state index contributed by atoms with van der Waals surface area (Å²) in [5.41, 5.74) is 0.429. The molecule has 0 unspecified atom stereocenters. The Hall–Kier alpha value is -2.09. The van der Waals surface area contributed by atoms with Crippen LogP contribution in [0.5, 0.6) is 0 Å². The van der Waals surface area contributed by atoms with Gasteiger partial charge in [-0.2, -0.15) is 5.10 Å². The molecular formula is C13H16N4O3S. The molecular weight excluding hydrogens is 292 g/mol. The number of carbonyl (C=O) groups excluding carboxylic acids is 1. The Morgan fingerprint density at radius 3 is 2.71 bits per heavy atom. The van der Waals surface area contributed by atoms with Gasteiger partial charge in [-0.1, -0.05) is 0 Å². The molecule has 8 heteroatoms. The van der Waals surface area contributed by atoms with Gasteiger partial charge >= 0.3 is 0 Å². The summed E-state index contributed by atoms with van der Waals surface area (Å²) >= 11 is 0. The Bertz CT molecular complexity index is 761. The normalized spacial score (nSPS) is 20.5. The highest BCUT2D eigenvalue weighted by Crippen LogP contribution is 2.16. The maximum Gasteiger partial charge on any atom is 0.256 e. The molecule has 1 saturated heterocycles. The summed E-state index contributed by atoms with van der Waals surface area (Å²) in [5.74, 6) is 0.500. The number of nitrogens with zero attached hydrogens (tertiary/aromatic N) is 3. The highest BCUT2D eigenvalue weighted by molar-refractivity contribution is 7.91. The van der Waals surface area contributed by atoms with Crippen LogP contribution < -0.4 is 5.32 Å². The van der Waals surface area contributed by atoms with E-state index >= 15 is 0 Å². The molecule has 1 atom stereocenters. The van der Waals surface area contributed by atoms with Crippen molar-refractivity contribution in [1.29, 1.82) is 0 Å². The number of aromatic nitrogens is 3. The first-order valence-corrected chi connectivity index (χ1v) is 8.45. The fraction of sp³-hybridized carbons (Fsp3) is 0.385. The molecule has 1 aliphatic rings. The number of rotatable bonds is 3. The Morgan fingerprint density at radius 1 is 1.38 bits per heavy atom. The summed E-state index contributed by atoms with van der Waals surface area (Å²) in [6, 6.07) is 3.40. The Balaban J connectivity index is 1.83. The number of amides is 1. The maximum atomic E-state index is 12.4. The van der Waals surface area contributed by atoms with Gasteiger partial charge in [0, 0.05) is 25.5 Å². The molecule has 7 nitrogen and oxygen atoms in total. The predicted octanol–water partition coefficient (Wildman–Crippen LogP) is 0.128. The van der Waals surface area contributed by atoms with E-state index in [9.17, 15) is 13.2 Å². The quantitative estimate of drug-likeness (QED) is 0.873. The molecule has 0 aliphatic carbocycles. The number of hydrogen-bond acceptors (Lipinski definition) is 4. The molecule has 0 spiro atoms. The molecule has 0 aromatic carbocycles. The van der Waals surface area contributed by atoms with E-state index in [-0.39, 0.29) is 23.5 Å². The highest BCUT2D eigenvalue weighted by atomic mass is 32.2. The van der Waals surface area contributed by atoms with Gasteiger partial charge in [0.1, 0.15) is 11.4 Å². The molecule has 2 aromatic rings. The topological polar surface area (TPSA) is 86.0 Å². The minimum Gasteiger partial charge on any atom is -0.348 e. The van der Waals surface area contributed by atoms with Gasteiger partial charge in [-0.3, -0.25) is 9.48 Å². The van der Waals surface area contributed by atoms with E-state index in [0.717, 1.165) is 0 Å². The largest absolute Gasteiger partial charge is 0.348 e. The van der Waals surface area contributed by atoms with Crippen molar-refractivity contribution in [3.63, 3.8) is 0 Å². The molecule has 1 aliphatic heterocycles. The molecule has 3 heterocycles. The van der Waals surface area contributed by atoms with Crippen molar-refractivity contribution in [3.8, 4) is 5.82 Å². The third kappa shape index (κ3) is 2.71. The van der Waals surface area contributed by atoms with Crippen LogP contribution in [-0.2, 0) is 16.9 Å². The average molecular weight is 308 g/mol. The lowest BCUT2D eigenvalue weighted by atomic mass is 10.2. The third-order valence-corrected chi connectivity index (χ3v) is 5.34. The van der Waals surface area contributed by atoms with Crippen molar-refractivity contribution >= 4 is 15.7 Å². The SMILES string of the molecule is Cn1ncc(C(=O)N[C@H]2CCS(=O)(=O)C2)c1-n1cccc1. The molecule has 1 fully saturated rings. The standard InChI is InChI=1S/C13H16N4O3S/c1-16-13(17-5-2-3-6-17)11(8-14-16)12(18)15-10-4-7-21(19,20)9-10/h2-3,5-6,8,10H,4,7,9H2,1H3,(H,15,18)/t10-/m0/s1. The van der Waals surface area contributed by atoms with Gasteiger partial charge in [0.05, 0.1) is 17.7 Å². The van der Waals surface area contributed by atoms with E-state index < -0.39 is 9.84 Å². The average Bonchev–Trinajstić information content (AvgIpc) is 3.09. The van der Waals surface area contributed by atoms with E-state index in [4.69, 9.17) is 0 Å². The van der Waals surface area contributed by atoms with Gasteiger partial charge in [0.2, 0.25) is 0 Å². The summed E-state index contributed by atoms with van der Waals surface area (Å²) in [7, 11) is -1.26. The van der Waals surface area contributed by atoms with Gasteiger partial charge < -0.3 is 9.88 Å². The summed E-state index contributed by atoms with van der Waals surface area (Å²) < 4.78 is 26.3. The van der Waals surface area contributed by atoms with Crippen molar-refractivity contribution in [2.75, 3.05) is 11.5 Å². The van der Waals surface area contributed by atoms with E-state index in [0.29, 0.717) is 17.8 Å². The van der Waals surface area contributed by atoms with Gasteiger partial charge in [0.25, 0.3) is 5.91 Å². The van der Waals surface area contributed by atoms with Crippen molar-refractivity contribution in [1.82, 2.24) is 19.7 Å². The lowest BCUT2D eigenvalue weighted by Gasteiger charge is -2.12. The van der Waals surface area contributed by atoms with E-state index in [1.807, 2.05) is 24.5 Å². The second kappa shape index (κ2) is 5.03. The monoisotopic (exact) mass is 308 g/mol. The predicted molar refractivity (Wildman–Crippen MR) is 77.1 cm³/mol. The lowest BCUT2D eigenvalue weighted by Crippen LogP contribution is -2.36. The molecule has 1 N–H and O–H groups in total. The Kier molecular flexibility index (Phi) is 3.32. The fourth-order valence-corrected chi connectivity index (χ4v) is 4.22. The van der Waals surface area contributed by atoms with Crippen LogP contribution in [0.1, 0.15) is 16.8 Å². The molecule has 1 amide bonds. The maximum absolute atomic E-state index is 12.4. The van der Waals surface area contributed by atoms with E-state index in [2.05, 4.69) is 10.4 Å². The number of nitrogens with one attached hydrogen (secondary N) is 1. The Labute approximate surface area is 122 Å². The zero-order valence-electron chi connectivity index (χ0n) is 11.6. The van der Waals surface area contributed by atoms with Gasteiger partial charge in [-0.05, 0) is 18.6 Å². The molecule has 2 aromatic heterocycles. The van der Waals surface area contributed by atoms with Crippen molar-refractivity contribution in [3.05, 3.63) is 36.3 Å². The van der Waals surface area contributed by atoms with Gasteiger partial charge in [-0.25, -0.2) is 8.42 Å². The molecule has 3 rings (SSSR count). The molecule has 0 radical (unpaired) electrons. The third-order valence-electron chi connectivity index (χ3n) is 3.57. The van der Waals surface area contributed by atoms with Crippen LogP contribution >= 0.6 is 0 Å². The van der Waals surface area contributed by atoms with Crippen molar-refractivity contribution in [2.24, 2.45) is 7.05 Å². The zero-order chi connectivity index (χ0) is 15.0. The minimum atomic E-state index is -3.01. The highest BCUT2D eigenvalue weighted by Gasteiger charge is 2.30. The number of aryl methyl sites for hydroxylation is 1. The smallest absolute Gasteiger partial charge is 0.256 e.